The van der Waals surface area contributed by atoms with Gasteiger partial charge in [0.25, 0.3) is 0 Å². The van der Waals surface area contributed by atoms with Crippen LogP contribution < -0.4 is 4.46 Å². The number of hydrogen-bond donors (Lipinski definition) is 1. The van der Waals surface area contributed by atoms with Crippen LogP contribution in [0.15, 0.2) is 54.6 Å². The van der Waals surface area contributed by atoms with Gasteiger partial charge in [-0.1, -0.05) is 0 Å². The molecule has 2 aromatic carbocycles. The quantitative estimate of drug-likeness (QED) is 0.495. The second-order valence-corrected chi connectivity index (χ2v) is 8.34. The maximum absolute atomic E-state index is 12.4. The number of carbonyl (C=O) groups excluding carboxylic acids is 2. The average molecular weight is 416 g/mol. The Morgan fingerprint density at radius 2 is 1.69 bits per heavy atom. The zero-order valence-electron chi connectivity index (χ0n) is 14.5. The van der Waals surface area contributed by atoms with E-state index in [1.54, 1.807) is 0 Å². The molecular formula is C20H19NO4Se. The van der Waals surface area contributed by atoms with Crippen LogP contribution in [-0.2, 0) is 20.7 Å². The van der Waals surface area contributed by atoms with Crippen LogP contribution in [0.5, 0.6) is 0 Å². The summed E-state index contributed by atoms with van der Waals surface area (Å²) in [7, 11) is 2.75. The molecule has 0 saturated heterocycles. The first-order valence-electron chi connectivity index (χ1n) is 8.11. The second-order valence-electron chi connectivity index (χ2n) is 5.66. The number of ether oxygens (including phenoxy) is 2. The molecule has 134 valence electrons. The van der Waals surface area contributed by atoms with Crippen LogP contribution in [0.4, 0.5) is 0 Å². The molecule has 0 radical (unpaired) electrons. The van der Waals surface area contributed by atoms with E-state index in [4.69, 9.17) is 9.47 Å². The molecule has 0 saturated carbocycles. The van der Waals surface area contributed by atoms with Gasteiger partial charge in [-0.25, -0.2) is 0 Å². The molecule has 1 unspecified atom stereocenters. The zero-order valence-corrected chi connectivity index (χ0v) is 16.2. The van der Waals surface area contributed by atoms with E-state index in [-0.39, 0.29) is 25.7 Å². The molecule has 1 atom stereocenters. The number of H-pyrrole nitrogens is 1. The average Bonchev–Trinajstić information content (AvgIpc) is 3.05. The predicted octanol–water partition coefficient (Wildman–Crippen LogP) is 2.49. The Morgan fingerprint density at radius 3 is 2.38 bits per heavy atom. The summed E-state index contributed by atoms with van der Waals surface area (Å²) in [5, 5.41) is 0.922. The van der Waals surface area contributed by atoms with Crippen molar-refractivity contribution >= 4 is 42.3 Å². The van der Waals surface area contributed by atoms with Crippen molar-refractivity contribution in [2.24, 2.45) is 0 Å². The van der Waals surface area contributed by atoms with E-state index in [2.05, 4.69) is 4.98 Å². The Labute approximate surface area is 157 Å². The number of fused-ring (bicyclic) bond motifs is 1. The van der Waals surface area contributed by atoms with Crippen LogP contribution in [-0.4, -0.2) is 46.1 Å². The molecule has 0 amide bonds. The van der Waals surface area contributed by atoms with Crippen LogP contribution in [0.25, 0.3) is 10.9 Å². The number of carbonyl (C=O) groups is 2. The summed E-state index contributed by atoms with van der Waals surface area (Å²) < 4.78 is 11.0. The first-order chi connectivity index (χ1) is 12.6. The van der Waals surface area contributed by atoms with Crippen molar-refractivity contribution in [3.8, 4) is 0 Å². The van der Waals surface area contributed by atoms with Crippen LogP contribution in [0.2, 0.25) is 4.82 Å². The minimum atomic E-state index is -0.438. The van der Waals surface area contributed by atoms with Gasteiger partial charge in [0, 0.05) is 0 Å². The van der Waals surface area contributed by atoms with E-state index in [1.807, 2.05) is 54.6 Å². The van der Waals surface area contributed by atoms with E-state index >= 15 is 0 Å². The molecule has 3 aromatic rings. The van der Waals surface area contributed by atoms with Crippen LogP contribution in [0.3, 0.4) is 0 Å². The number of para-hydroxylation sites is 1. The normalized spacial score (nSPS) is 11.9. The topological polar surface area (TPSA) is 68.4 Å². The molecule has 1 heterocycles. The van der Waals surface area contributed by atoms with Gasteiger partial charge < -0.3 is 0 Å². The first-order valence-corrected chi connectivity index (χ1v) is 9.96. The summed E-state index contributed by atoms with van der Waals surface area (Å²) in [6, 6.07) is 17.5. The number of rotatable bonds is 6. The third-order valence-corrected chi connectivity index (χ3v) is 6.57. The second kappa shape index (κ2) is 8.21. The predicted molar refractivity (Wildman–Crippen MR) is 101 cm³/mol. The summed E-state index contributed by atoms with van der Waals surface area (Å²) in [5.74, 6) is -0.707. The van der Waals surface area contributed by atoms with Crippen molar-refractivity contribution in [3.05, 3.63) is 65.9 Å². The van der Waals surface area contributed by atoms with Crippen molar-refractivity contribution in [1.29, 1.82) is 0 Å². The molecule has 0 aliphatic carbocycles. The molecule has 5 nitrogen and oxygen atoms in total. The standard InChI is InChI=1S/C20H19NO4Se/c1-24-19(22)17(26-13-8-4-3-5-9-13)12-15-14-10-6-7-11-16(14)21-18(15)20(23)25-2/h3-11,17,21H,12H2,1-2H3. The van der Waals surface area contributed by atoms with E-state index < -0.39 is 5.97 Å². The molecule has 1 N–H and O–H groups in total. The van der Waals surface area contributed by atoms with Gasteiger partial charge in [0.2, 0.25) is 0 Å². The van der Waals surface area contributed by atoms with Crippen molar-refractivity contribution < 1.29 is 19.1 Å². The van der Waals surface area contributed by atoms with Crippen molar-refractivity contribution in [3.63, 3.8) is 0 Å². The van der Waals surface area contributed by atoms with Crippen molar-refractivity contribution in [2.75, 3.05) is 14.2 Å². The van der Waals surface area contributed by atoms with Gasteiger partial charge in [-0.05, 0) is 0 Å². The van der Waals surface area contributed by atoms with E-state index in [0.717, 1.165) is 20.9 Å². The maximum atomic E-state index is 12.4. The SMILES string of the molecule is COC(=O)c1[nH]c2ccccc2c1CC([Se]c1ccccc1)C(=O)OC. The van der Waals surface area contributed by atoms with E-state index in [1.165, 1.54) is 14.2 Å². The molecule has 0 aliphatic heterocycles. The minimum absolute atomic E-state index is 0.125. The fraction of sp³-hybridized carbons (Fsp3) is 0.200. The Kier molecular flexibility index (Phi) is 5.76. The van der Waals surface area contributed by atoms with Gasteiger partial charge in [0.05, 0.1) is 0 Å². The monoisotopic (exact) mass is 417 g/mol. The van der Waals surface area contributed by atoms with Crippen LogP contribution >= 0.6 is 0 Å². The Hall–Kier alpha value is -2.56. The molecule has 6 heteroatoms. The van der Waals surface area contributed by atoms with Gasteiger partial charge >= 0.3 is 158 Å². The third-order valence-electron chi connectivity index (χ3n) is 4.08. The number of benzene rings is 2. The molecule has 0 aliphatic rings. The number of nitrogens with one attached hydrogen (secondary N) is 1. The van der Waals surface area contributed by atoms with Gasteiger partial charge in [-0.3, -0.25) is 0 Å². The fourth-order valence-electron chi connectivity index (χ4n) is 2.84. The van der Waals surface area contributed by atoms with Gasteiger partial charge in [-0.15, -0.1) is 0 Å². The molecule has 0 bridgehead atoms. The van der Waals surface area contributed by atoms with Gasteiger partial charge in [-0.2, -0.15) is 0 Å². The Bertz CT molecular complexity index is 920. The summed E-state index contributed by atoms with van der Waals surface area (Å²) >= 11 is -0.125. The first kappa shape index (κ1) is 18.2. The third kappa shape index (κ3) is 3.82. The number of esters is 2. The van der Waals surface area contributed by atoms with Crippen LogP contribution in [0.1, 0.15) is 16.1 Å². The number of aromatic nitrogens is 1. The van der Waals surface area contributed by atoms with Gasteiger partial charge in [0.15, 0.2) is 0 Å². The Balaban J connectivity index is 2.00. The molecule has 1 aromatic heterocycles. The van der Waals surface area contributed by atoms with E-state index in [9.17, 15) is 9.59 Å². The molecule has 0 fully saturated rings. The molecule has 26 heavy (non-hydrogen) atoms. The molecule has 3 rings (SSSR count). The summed E-state index contributed by atoms with van der Waals surface area (Å²) in [6.07, 6.45) is 0.413. The molecular weight excluding hydrogens is 397 g/mol. The summed E-state index contributed by atoms with van der Waals surface area (Å²) in [5.41, 5.74) is 2.03. The zero-order chi connectivity index (χ0) is 18.5. The van der Waals surface area contributed by atoms with Crippen LogP contribution in [0, 0.1) is 0 Å². The van der Waals surface area contributed by atoms with Crippen molar-refractivity contribution in [2.45, 2.75) is 11.2 Å². The van der Waals surface area contributed by atoms with Gasteiger partial charge in [0.1, 0.15) is 0 Å². The fourth-order valence-corrected chi connectivity index (χ4v) is 5.12. The van der Waals surface area contributed by atoms with E-state index in [0.29, 0.717) is 12.1 Å². The number of hydrogen-bond acceptors (Lipinski definition) is 4. The summed E-state index contributed by atoms with van der Waals surface area (Å²) in [4.78, 5) is 27.4. The Morgan fingerprint density at radius 1 is 1.00 bits per heavy atom. The number of aromatic amines is 1. The van der Waals surface area contributed by atoms with Crippen molar-refractivity contribution in [1.82, 2.24) is 4.98 Å². The summed E-state index contributed by atoms with van der Waals surface area (Å²) in [6.45, 7) is 0. The molecule has 0 spiro atoms. The number of methoxy groups -OCH3 is 2.